The van der Waals surface area contributed by atoms with E-state index in [1.807, 2.05) is 6.92 Å². The van der Waals surface area contributed by atoms with Crippen molar-refractivity contribution in [1.82, 2.24) is 25.2 Å². The predicted molar refractivity (Wildman–Crippen MR) is 142 cm³/mol. The van der Waals surface area contributed by atoms with E-state index in [0.29, 0.717) is 83.6 Å². The molecule has 11 heteroatoms. The number of ether oxygens (including phenoxy) is 3. The van der Waals surface area contributed by atoms with Crippen molar-refractivity contribution in [2.24, 2.45) is 5.92 Å². The maximum absolute atomic E-state index is 14.7. The molecule has 0 atom stereocenters. The molecule has 208 valence electrons. The summed E-state index contributed by atoms with van der Waals surface area (Å²) in [7, 11) is 2.91. The van der Waals surface area contributed by atoms with Crippen molar-refractivity contribution in [2.45, 2.75) is 45.6 Å². The first-order valence-corrected chi connectivity index (χ1v) is 13.2. The molecule has 3 aromatic rings. The number of nitrogens with zero attached hydrogens (tertiary/aromatic N) is 3. The lowest BCUT2D eigenvalue weighted by molar-refractivity contribution is -0.136. The van der Waals surface area contributed by atoms with E-state index in [-0.39, 0.29) is 30.2 Å². The highest BCUT2D eigenvalue weighted by Crippen LogP contribution is 2.40. The Bertz CT molecular complexity index is 1390. The third-order valence-electron chi connectivity index (χ3n) is 7.30. The van der Waals surface area contributed by atoms with Crippen LogP contribution in [0.15, 0.2) is 12.1 Å². The molecular formula is C28H34FN5O5. The average Bonchev–Trinajstić information content (AvgIpc) is 3.68. The fraction of sp³-hybridized carbons (Fsp3) is 0.500. The molecular weight excluding hydrogens is 505 g/mol. The van der Waals surface area contributed by atoms with E-state index < -0.39 is 5.82 Å². The first kappa shape index (κ1) is 26.9. The molecule has 0 unspecified atom stereocenters. The van der Waals surface area contributed by atoms with Crippen LogP contribution in [0.5, 0.6) is 11.5 Å². The zero-order valence-electron chi connectivity index (χ0n) is 22.7. The number of methoxy groups -OCH3 is 2. The minimum Gasteiger partial charge on any atom is -0.494 e. The zero-order chi connectivity index (χ0) is 27.7. The lowest BCUT2D eigenvalue weighted by atomic mass is 10.0. The van der Waals surface area contributed by atoms with Crippen LogP contribution in [-0.4, -0.2) is 78.2 Å². The minimum atomic E-state index is -0.522. The molecule has 3 heterocycles. The maximum Gasteiger partial charge on any atom is 0.255 e. The molecule has 2 aliphatic rings. The van der Waals surface area contributed by atoms with Crippen LogP contribution in [0.25, 0.3) is 22.3 Å². The summed E-state index contributed by atoms with van der Waals surface area (Å²) >= 11 is 0. The molecule has 1 aliphatic heterocycles. The Hall–Kier alpha value is -3.73. The van der Waals surface area contributed by atoms with Gasteiger partial charge < -0.3 is 29.4 Å². The minimum absolute atomic E-state index is 0.0487. The van der Waals surface area contributed by atoms with E-state index in [1.165, 1.54) is 20.3 Å². The molecule has 0 bridgehead atoms. The van der Waals surface area contributed by atoms with Gasteiger partial charge in [0, 0.05) is 43.6 Å². The van der Waals surface area contributed by atoms with Crippen molar-refractivity contribution in [3.8, 4) is 22.8 Å². The second-order valence-electron chi connectivity index (χ2n) is 10.3. The lowest BCUT2D eigenvalue weighted by Crippen LogP contribution is -2.47. The molecule has 0 radical (unpaired) electrons. The molecule has 2 amide bonds. The number of hydrogen-bond donors (Lipinski definition) is 2. The Balaban J connectivity index is 1.45. The van der Waals surface area contributed by atoms with Gasteiger partial charge in [-0.2, -0.15) is 0 Å². The van der Waals surface area contributed by atoms with Crippen molar-refractivity contribution in [1.29, 1.82) is 0 Å². The molecule has 1 saturated heterocycles. The van der Waals surface area contributed by atoms with Gasteiger partial charge in [-0.05, 0) is 51.5 Å². The quantitative estimate of drug-likeness (QED) is 0.427. The number of aromatic amines is 1. The number of hydrogen-bond acceptors (Lipinski definition) is 7. The monoisotopic (exact) mass is 539 g/mol. The van der Waals surface area contributed by atoms with Gasteiger partial charge in [0.05, 0.1) is 24.8 Å². The van der Waals surface area contributed by atoms with Crippen LogP contribution in [0, 0.1) is 25.6 Å². The van der Waals surface area contributed by atoms with E-state index in [4.69, 9.17) is 14.2 Å². The van der Waals surface area contributed by atoms with Gasteiger partial charge in [0.15, 0.2) is 11.6 Å². The number of aryl methyl sites for hydroxylation is 2. The molecule has 1 aliphatic carbocycles. The summed E-state index contributed by atoms with van der Waals surface area (Å²) in [4.78, 5) is 39.9. The molecule has 1 aromatic carbocycles. The van der Waals surface area contributed by atoms with Gasteiger partial charge in [0.1, 0.15) is 29.4 Å². The van der Waals surface area contributed by atoms with E-state index >= 15 is 0 Å². The lowest BCUT2D eigenvalue weighted by Gasteiger charge is -2.32. The van der Waals surface area contributed by atoms with Gasteiger partial charge in [0.2, 0.25) is 5.91 Å². The van der Waals surface area contributed by atoms with Crippen LogP contribution in [0.1, 0.15) is 47.6 Å². The van der Waals surface area contributed by atoms with E-state index in [2.05, 4.69) is 20.3 Å². The highest BCUT2D eigenvalue weighted by atomic mass is 19.1. The van der Waals surface area contributed by atoms with Gasteiger partial charge >= 0.3 is 0 Å². The second kappa shape index (κ2) is 11.2. The van der Waals surface area contributed by atoms with Crippen LogP contribution in [0.4, 0.5) is 4.39 Å². The first-order chi connectivity index (χ1) is 18.8. The van der Waals surface area contributed by atoms with E-state index in [0.717, 1.165) is 12.8 Å². The summed E-state index contributed by atoms with van der Waals surface area (Å²) in [5.74, 6) is 0.568. The number of rotatable bonds is 9. The second-order valence-corrected chi connectivity index (χ2v) is 10.3. The van der Waals surface area contributed by atoms with Crippen LogP contribution in [0.3, 0.4) is 0 Å². The third kappa shape index (κ3) is 5.68. The summed E-state index contributed by atoms with van der Waals surface area (Å²) in [5.41, 5.74) is 3.19. The number of likely N-dealkylation sites (tertiary alicyclic amines) is 1. The Kier molecular flexibility index (Phi) is 7.69. The number of nitrogens with one attached hydrogen (secondary N) is 2. The normalized spacial score (nSPS) is 16.0. The Morgan fingerprint density at radius 3 is 2.51 bits per heavy atom. The molecule has 39 heavy (non-hydrogen) atoms. The third-order valence-corrected chi connectivity index (χ3v) is 7.30. The van der Waals surface area contributed by atoms with Crippen molar-refractivity contribution >= 4 is 22.8 Å². The highest BCUT2D eigenvalue weighted by Gasteiger charge is 2.28. The molecule has 5 rings (SSSR count). The van der Waals surface area contributed by atoms with Crippen LogP contribution in [0.2, 0.25) is 0 Å². The summed E-state index contributed by atoms with van der Waals surface area (Å²) < 4.78 is 30.9. The zero-order valence-corrected chi connectivity index (χ0v) is 22.7. The number of H-pyrrole nitrogens is 1. The fourth-order valence-electron chi connectivity index (χ4n) is 5.01. The molecule has 1 saturated carbocycles. The Morgan fingerprint density at radius 1 is 1.10 bits per heavy atom. The summed E-state index contributed by atoms with van der Waals surface area (Å²) in [6, 6.07) is 2.83. The molecule has 2 fully saturated rings. The van der Waals surface area contributed by atoms with Crippen LogP contribution in [-0.2, 0) is 9.53 Å². The summed E-state index contributed by atoms with van der Waals surface area (Å²) in [6.07, 6.45) is 3.50. The maximum atomic E-state index is 14.7. The van der Waals surface area contributed by atoms with Gasteiger partial charge in [-0.15, -0.1) is 0 Å². The fourth-order valence-corrected chi connectivity index (χ4v) is 5.01. The number of carbonyl (C=O) groups excluding carboxylic acids is 2. The van der Waals surface area contributed by atoms with Gasteiger partial charge in [-0.1, -0.05) is 0 Å². The van der Waals surface area contributed by atoms with Crippen LogP contribution < -0.4 is 14.8 Å². The van der Waals surface area contributed by atoms with Gasteiger partial charge in [-0.3, -0.25) is 9.59 Å². The van der Waals surface area contributed by atoms with Gasteiger partial charge in [-0.25, -0.2) is 14.4 Å². The molecule has 0 spiro atoms. The highest BCUT2D eigenvalue weighted by molar-refractivity contribution is 6.09. The molecule has 2 aromatic heterocycles. The number of amides is 2. The van der Waals surface area contributed by atoms with E-state index in [1.54, 1.807) is 17.9 Å². The standard InChI is InChI=1S/C28H34FN5O5/c1-15-24(28(36)33-18-7-9-34(10-8-18)23(35)14-37-3)26-27(30-15)25(31-16(2)32-26)19-11-22(38-4)20(29)12-21(19)39-13-17-5-6-17/h11-12,17-18,30H,5-10,13-14H2,1-4H3,(H,33,36). The summed E-state index contributed by atoms with van der Waals surface area (Å²) in [6.45, 7) is 5.24. The predicted octanol–water partition coefficient (Wildman–Crippen LogP) is 3.55. The molecule has 2 N–H and O–H groups in total. The summed E-state index contributed by atoms with van der Waals surface area (Å²) in [5, 5.41) is 3.12. The number of halogens is 1. The SMILES string of the molecule is COCC(=O)N1CCC(NC(=O)c2c(C)[nH]c3c(-c4cc(OC)c(F)cc4OCC4CC4)nc(C)nc23)CC1. The van der Waals surface area contributed by atoms with Crippen molar-refractivity contribution in [2.75, 3.05) is 40.5 Å². The topological polar surface area (TPSA) is 119 Å². The van der Waals surface area contributed by atoms with Crippen molar-refractivity contribution in [3.63, 3.8) is 0 Å². The Labute approximate surface area is 226 Å². The number of benzene rings is 1. The van der Waals surface area contributed by atoms with Crippen LogP contribution >= 0.6 is 0 Å². The number of piperidine rings is 1. The average molecular weight is 540 g/mol. The van der Waals surface area contributed by atoms with Crippen molar-refractivity contribution in [3.05, 3.63) is 35.0 Å². The smallest absolute Gasteiger partial charge is 0.255 e. The van der Waals surface area contributed by atoms with Gasteiger partial charge in [0.25, 0.3) is 5.91 Å². The Morgan fingerprint density at radius 2 is 1.85 bits per heavy atom. The van der Waals surface area contributed by atoms with Crippen molar-refractivity contribution < 1.29 is 28.2 Å². The molecule has 10 nitrogen and oxygen atoms in total. The number of aromatic nitrogens is 3. The largest absolute Gasteiger partial charge is 0.494 e. The first-order valence-electron chi connectivity index (χ1n) is 13.2. The number of fused-ring (bicyclic) bond motifs is 1. The number of carbonyl (C=O) groups is 2. The van der Waals surface area contributed by atoms with E-state index in [9.17, 15) is 14.0 Å².